The van der Waals surface area contributed by atoms with Crippen LogP contribution in [-0.4, -0.2) is 41.3 Å². The van der Waals surface area contributed by atoms with Crippen LogP contribution in [0.5, 0.6) is 11.5 Å². The molecule has 0 aliphatic carbocycles. The van der Waals surface area contributed by atoms with E-state index >= 15 is 0 Å². The number of nitrogens with zero attached hydrogens (tertiary/aromatic N) is 1. The van der Waals surface area contributed by atoms with Gasteiger partial charge < -0.3 is 15.5 Å². The van der Waals surface area contributed by atoms with Gasteiger partial charge in [-0.05, 0) is 50.9 Å². The maximum Gasteiger partial charge on any atom is 0.123 e. The number of hydrogen-bond acceptors (Lipinski definition) is 4. The van der Waals surface area contributed by atoms with E-state index in [9.17, 15) is 10.2 Å². The summed E-state index contributed by atoms with van der Waals surface area (Å²) in [6.45, 7) is 7.32. The maximum absolute atomic E-state index is 9.92. The zero-order valence-electron chi connectivity index (χ0n) is 12.3. The molecule has 0 radical (unpaired) electrons. The van der Waals surface area contributed by atoms with Gasteiger partial charge in [0.15, 0.2) is 0 Å². The number of rotatable bonds is 6. The molecule has 1 fully saturated rings. The molecule has 0 amide bonds. The van der Waals surface area contributed by atoms with Crippen LogP contribution < -0.4 is 5.32 Å². The van der Waals surface area contributed by atoms with Gasteiger partial charge in [-0.1, -0.05) is 13.0 Å². The predicted octanol–water partition coefficient (Wildman–Crippen LogP) is 2.31. The molecule has 0 saturated carbocycles. The van der Waals surface area contributed by atoms with E-state index in [-0.39, 0.29) is 11.5 Å². The molecule has 0 unspecified atom stereocenters. The van der Waals surface area contributed by atoms with Crippen molar-refractivity contribution >= 4 is 0 Å². The van der Waals surface area contributed by atoms with E-state index in [1.807, 2.05) is 6.07 Å². The first-order valence-corrected chi connectivity index (χ1v) is 7.63. The monoisotopic (exact) mass is 278 g/mol. The lowest BCUT2D eigenvalue weighted by atomic mass is 9.97. The van der Waals surface area contributed by atoms with Gasteiger partial charge in [-0.3, -0.25) is 4.90 Å². The van der Waals surface area contributed by atoms with Crippen LogP contribution in [0.2, 0.25) is 0 Å². The highest BCUT2D eigenvalue weighted by atomic mass is 16.3. The minimum Gasteiger partial charge on any atom is -0.508 e. The highest BCUT2D eigenvalue weighted by molar-refractivity contribution is 5.38. The standard InChI is InChI=1S/C16H26N2O2/c1-2-9-18(11-13-5-7-17-8-6-13)12-14-3-4-15(19)10-16(14)20/h3-4,10,13,17,19-20H,2,5-9,11-12H2,1H3. The van der Waals surface area contributed by atoms with Crippen LogP contribution >= 0.6 is 0 Å². The van der Waals surface area contributed by atoms with Crippen LogP contribution in [0.1, 0.15) is 31.7 Å². The topological polar surface area (TPSA) is 55.7 Å². The summed E-state index contributed by atoms with van der Waals surface area (Å²) in [5, 5.41) is 22.7. The molecule has 0 atom stereocenters. The molecule has 1 aromatic rings. The Kier molecular flexibility index (Phi) is 5.68. The molecular weight excluding hydrogens is 252 g/mol. The summed E-state index contributed by atoms with van der Waals surface area (Å²) in [6, 6.07) is 4.88. The first-order valence-electron chi connectivity index (χ1n) is 7.63. The molecule has 0 aromatic heterocycles. The number of phenols is 2. The minimum absolute atomic E-state index is 0.117. The average molecular weight is 278 g/mol. The normalized spacial score (nSPS) is 16.7. The van der Waals surface area contributed by atoms with Crippen LogP contribution in [0.4, 0.5) is 0 Å². The third-order valence-electron chi connectivity index (χ3n) is 3.98. The minimum atomic E-state index is 0.117. The van der Waals surface area contributed by atoms with E-state index in [4.69, 9.17) is 0 Å². The van der Waals surface area contributed by atoms with Crippen molar-refractivity contribution in [2.24, 2.45) is 5.92 Å². The van der Waals surface area contributed by atoms with Crippen LogP contribution in [0, 0.1) is 5.92 Å². The zero-order chi connectivity index (χ0) is 14.4. The Morgan fingerprint density at radius 3 is 2.65 bits per heavy atom. The third-order valence-corrected chi connectivity index (χ3v) is 3.98. The second-order valence-electron chi connectivity index (χ2n) is 5.74. The van der Waals surface area contributed by atoms with E-state index < -0.39 is 0 Å². The molecule has 1 saturated heterocycles. The van der Waals surface area contributed by atoms with E-state index in [2.05, 4.69) is 17.1 Å². The molecule has 4 nitrogen and oxygen atoms in total. The van der Waals surface area contributed by atoms with Crippen molar-refractivity contribution in [3.63, 3.8) is 0 Å². The molecule has 0 bridgehead atoms. The SMILES string of the molecule is CCCN(Cc1ccc(O)cc1O)CC1CCNCC1. The van der Waals surface area contributed by atoms with Gasteiger partial charge in [0.1, 0.15) is 11.5 Å². The fourth-order valence-electron chi connectivity index (χ4n) is 2.91. The Morgan fingerprint density at radius 1 is 1.25 bits per heavy atom. The van der Waals surface area contributed by atoms with Crippen LogP contribution in [0.15, 0.2) is 18.2 Å². The van der Waals surface area contributed by atoms with Crippen molar-refractivity contribution in [2.75, 3.05) is 26.2 Å². The van der Waals surface area contributed by atoms with Gasteiger partial charge in [-0.2, -0.15) is 0 Å². The number of phenolic OH excluding ortho intramolecular Hbond substituents is 2. The van der Waals surface area contributed by atoms with Crippen LogP contribution in [0.25, 0.3) is 0 Å². The van der Waals surface area contributed by atoms with Gasteiger partial charge in [0.25, 0.3) is 0 Å². The van der Waals surface area contributed by atoms with Crippen molar-refractivity contribution in [2.45, 2.75) is 32.7 Å². The summed E-state index contributed by atoms with van der Waals surface area (Å²) < 4.78 is 0. The molecular formula is C16H26N2O2. The Balaban J connectivity index is 1.96. The lowest BCUT2D eigenvalue weighted by molar-refractivity contribution is 0.197. The average Bonchev–Trinajstić information content (AvgIpc) is 2.43. The third kappa shape index (κ3) is 4.39. The molecule has 112 valence electrons. The molecule has 1 aliphatic heterocycles. The quantitative estimate of drug-likeness (QED) is 0.747. The molecule has 2 rings (SSSR count). The van der Waals surface area contributed by atoms with Crippen LogP contribution in [0.3, 0.4) is 0 Å². The van der Waals surface area contributed by atoms with Crippen molar-refractivity contribution in [1.29, 1.82) is 0 Å². The fraction of sp³-hybridized carbons (Fsp3) is 0.625. The summed E-state index contributed by atoms with van der Waals surface area (Å²) >= 11 is 0. The predicted molar refractivity (Wildman–Crippen MR) is 80.9 cm³/mol. The Morgan fingerprint density at radius 2 is 2.00 bits per heavy atom. The van der Waals surface area contributed by atoms with Crippen molar-refractivity contribution in [3.8, 4) is 11.5 Å². The lowest BCUT2D eigenvalue weighted by Gasteiger charge is -2.30. The first kappa shape index (κ1) is 15.1. The van der Waals surface area contributed by atoms with Gasteiger partial charge in [-0.25, -0.2) is 0 Å². The lowest BCUT2D eigenvalue weighted by Crippen LogP contribution is -2.36. The molecule has 0 spiro atoms. The molecule has 4 heteroatoms. The van der Waals surface area contributed by atoms with E-state index in [0.29, 0.717) is 0 Å². The van der Waals surface area contributed by atoms with Gasteiger partial charge >= 0.3 is 0 Å². The highest BCUT2D eigenvalue weighted by Crippen LogP contribution is 2.24. The number of aromatic hydroxyl groups is 2. The van der Waals surface area contributed by atoms with Crippen molar-refractivity contribution in [3.05, 3.63) is 23.8 Å². The molecule has 1 aliphatic rings. The zero-order valence-corrected chi connectivity index (χ0v) is 12.3. The van der Waals surface area contributed by atoms with Gasteiger partial charge in [0, 0.05) is 24.7 Å². The summed E-state index contributed by atoms with van der Waals surface area (Å²) in [4.78, 5) is 2.42. The molecule has 3 N–H and O–H groups in total. The van der Waals surface area contributed by atoms with E-state index in [0.717, 1.165) is 50.6 Å². The smallest absolute Gasteiger partial charge is 0.123 e. The Hall–Kier alpha value is -1.26. The van der Waals surface area contributed by atoms with Crippen LogP contribution in [-0.2, 0) is 6.54 Å². The summed E-state index contributed by atoms with van der Waals surface area (Å²) in [7, 11) is 0. The Labute approximate surface area is 121 Å². The van der Waals surface area contributed by atoms with Crippen molar-refractivity contribution < 1.29 is 10.2 Å². The largest absolute Gasteiger partial charge is 0.508 e. The number of benzene rings is 1. The molecule has 1 heterocycles. The number of piperidine rings is 1. The number of nitrogens with one attached hydrogen (secondary N) is 1. The van der Waals surface area contributed by atoms with Crippen molar-refractivity contribution in [1.82, 2.24) is 10.2 Å². The summed E-state index contributed by atoms with van der Waals surface area (Å²) in [5.41, 5.74) is 0.894. The summed E-state index contributed by atoms with van der Waals surface area (Å²) in [6.07, 6.45) is 3.59. The molecule has 1 aromatic carbocycles. The molecule has 20 heavy (non-hydrogen) atoms. The second-order valence-corrected chi connectivity index (χ2v) is 5.74. The highest BCUT2D eigenvalue weighted by Gasteiger charge is 2.17. The van der Waals surface area contributed by atoms with E-state index in [1.165, 1.54) is 18.9 Å². The van der Waals surface area contributed by atoms with Gasteiger partial charge in [-0.15, -0.1) is 0 Å². The fourth-order valence-corrected chi connectivity index (χ4v) is 2.91. The Bertz CT molecular complexity index is 417. The van der Waals surface area contributed by atoms with Gasteiger partial charge in [0.05, 0.1) is 0 Å². The van der Waals surface area contributed by atoms with Gasteiger partial charge in [0.2, 0.25) is 0 Å². The maximum atomic E-state index is 9.92. The first-order chi connectivity index (χ1) is 9.69. The van der Waals surface area contributed by atoms with E-state index in [1.54, 1.807) is 6.07 Å². The second kappa shape index (κ2) is 7.50. The summed E-state index contributed by atoms with van der Waals surface area (Å²) in [5.74, 6) is 1.06. The number of hydrogen-bond donors (Lipinski definition) is 3.